The van der Waals surface area contributed by atoms with Crippen LogP contribution < -0.4 is 0 Å². The highest BCUT2D eigenvalue weighted by atomic mass is 35.5. The minimum absolute atomic E-state index is 0.0277. The molecule has 1 heterocycles. The van der Waals surface area contributed by atoms with Gasteiger partial charge in [0.15, 0.2) is 6.61 Å². The molecule has 1 aliphatic heterocycles. The van der Waals surface area contributed by atoms with Gasteiger partial charge in [0, 0.05) is 36.2 Å². The van der Waals surface area contributed by atoms with Gasteiger partial charge in [-0.05, 0) is 35.9 Å². The van der Waals surface area contributed by atoms with Crippen LogP contribution in [-0.2, 0) is 30.8 Å². The molecule has 0 spiro atoms. The summed E-state index contributed by atoms with van der Waals surface area (Å²) in [6, 6.07) is 12.8. The van der Waals surface area contributed by atoms with E-state index >= 15 is 0 Å². The van der Waals surface area contributed by atoms with Crippen LogP contribution >= 0.6 is 23.2 Å². The first-order chi connectivity index (χ1) is 14.3. The van der Waals surface area contributed by atoms with Crippen molar-refractivity contribution in [1.29, 1.82) is 0 Å². The van der Waals surface area contributed by atoms with E-state index in [-0.39, 0.29) is 43.4 Å². The Morgan fingerprint density at radius 3 is 2.20 bits per heavy atom. The lowest BCUT2D eigenvalue weighted by Crippen LogP contribution is -2.51. The predicted molar refractivity (Wildman–Crippen MR) is 113 cm³/mol. The molecule has 0 radical (unpaired) electrons. The minimum atomic E-state index is -3.65. The standard InChI is InChI=1S/C20H20Cl2N2O5S/c21-16-5-7-17(8-6-16)30(27,28)24-11-9-23(10-12-24)19(25)14-29-20(26)13-15-3-1-2-4-18(15)22/h1-8H,9-14H2. The molecule has 0 aromatic heterocycles. The van der Waals surface area contributed by atoms with E-state index in [0.29, 0.717) is 15.6 Å². The van der Waals surface area contributed by atoms with Gasteiger partial charge in [-0.3, -0.25) is 9.59 Å². The molecule has 0 N–H and O–H groups in total. The van der Waals surface area contributed by atoms with Crippen LogP contribution in [0.3, 0.4) is 0 Å². The van der Waals surface area contributed by atoms with Gasteiger partial charge in [-0.1, -0.05) is 41.4 Å². The van der Waals surface area contributed by atoms with Crippen molar-refractivity contribution in [1.82, 2.24) is 9.21 Å². The average Bonchev–Trinajstić information content (AvgIpc) is 2.74. The number of hydrogen-bond donors (Lipinski definition) is 0. The first-order valence-electron chi connectivity index (χ1n) is 9.20. The van der Waals surface area contributed by atoms with Gasteiger partial charge in [-0.25, -0.2) is 8.42 Å². The molecule has 30 heavy (non-hydrogen) atoms. The molecule has 10 heteroatoms. The number of rotatable bonds is 6. The van der Waals surface area contributed by atoms with E-state index in [1.807, 2.05) is 0 Å². The lowest BCUT2D eigenvalue weighted by Gasteiger charge is -2.33. The molecule has 1 amide bonds. The van der Waals surface area contributed by atoms with Gasteiger partial charge in [0.25, 0.3) is 5.91 Å². The first kappa shape index (κ1) is 22.6. The fourth-order valence-electron chi connectivity index (χ4n) is 3.02. The Labute approximate surface area is 185 Å². The summed E-state index contributed by atoms with van der Waals surface area (Å²) in [5.41, 5.74) is 0.623. The molecule has 1 aliphatic rings. The Kier molecular flexibility index (Phi) is 7.36. The van der Waals surface area contributed by atoms with Crippen LogP contribution in [0.2, 0.25) is 10.0 Å². The third kappa shape index (κ3) is 5.51. The van der Waals surface area contributed by atoms with E-state index < -0.39 is 22.6 Å². The number of halogens is 2. The number of sulfonamides is 1. The molecule has 0 unspecified atom stereocenters. The molecular weight excluding hydrogens is 451 g/mol. The Morgan fingerprint density at radius 1 is 0.933 bits per heavy atom. The topological polar surface area (TPSA) is 84.0 Å². The average molecular weight is 471 g/mol. The Morgan fingerprint density at radius 2 is 1.57 bits per heavy atom. The van der Waals surface area contributed by atoms with Crippen molar-refractivity contribution < 1.29 is 22.7 Å². The van der Waals surface area contributed by atoms with Crippen LogP contribution in [0, 0.1) is 0 Å². The van der Waals surface area contributed by atoms with Crippen molar-refractivity contribution in [3.05, 3.63) is 64.1 Å². The molecular formula is C20H20Cl2N2O5S. The van der Waals surface area contributed by atoms with Crippen molar-refractivity contribution in [3.63, 3.8) is 0 Å². The van der Waals surface area contributed by atoms with Crippen LogP contribution in [0.15, 0.2) is 53.4 Å². The highest BCUT2D eigenvalue weighted by Crippen LogP contribution is 2.20. The molecule has 0 aliphatic carbocycles. The highest BCUT2D eigenvalue weighted by Gasteiger charge is 2.30. The van der Waals surface area contributed by atoms with Gasteiger partial charge in [0.1, 0.15) is 0 Å². The van der Waals surface area contributed by atoms with E-state index in [0.717, 1.165) is 0 Å². The maximum absolute atomic E-state index is 12.7. The summed E-state index contributed by atoms with van der Waals surface area (Å²) in [4.78, 5) is 25.9. The molecule has 0 saturated carbocycles. The number of amides is 1. The summed E-state index contributed by atoms with van der Waals surface area (Å²) in [6.07, 6.45) is -0.0277. The number of piperazine rings is 1. The van der Waals surface area contributed by atoms with Crippen molar-refractivity contribution in [2.75, 3.05) is 32.8 Å². The second-order valence-corrected chi connectivity index (χ2v) is 9.45. The summed E-state index contributed by atoms with van der Waals surface area (Å²) in [5, 5.41) is 0.909. The van der Waals surface area contributed by atoms with Crippen LogP contribution in [0.1, 0.15) is 5.56 Å². The first-order valence-corrected chi connectivity index (χ1v) is 11.4. The van der Waals surface area contributed by atoms with Gasteiger partial charge >= 0.3 is 5.97 Å². The van der Waals surface area contributed by atoms with Gasteiger partial charge in [-0.2, -0.15) is 4.31 Å². The number of esters is 1. The van der Waals surface area contributed by atoms with Gasteiger partial charge in [0.05, 0.1) is 11.3 Å². The number of carbonyl (C=O) groups is 2. The normalized spacial score (nSPS) is 15.1. The zero-order chi connectivity index (χ0) is 21.7. The second kappa shape index (κ2) is 9.78. The molecule has 7 nitrogen and oxygen atoms in total. The van der Waals surface area contributed by atoms with E-state index in [4.69, 9.17) is 27.9 Å². The van der Waals surface area contributed by atoms with E-state index in [1.165, 1.54) is 33.5 Å². The van der Waals surface area contributed by atoms with Gasteiger partial charge < -0.3 is 9.64 Å². The van der Waals surface area contributed by atoms with Gasteiger partial charge in [0.2, 0.25) is 10.0 Å². The molecule has 3 rings (SSSR count). The number of benzene rings is 2. The largest absolute Gasteiger partial charge is 0.455 e. The second-order valence-electron chi connectivity index (χ2n) is 6.67. The van der Waals surface area contributed by atoms with E-state index in [9.17, 15) is 18.0 Å². The SMILES string of the molecule is O=C(Cc1ccccc1Cl)OCC(=O)N1CCN(S(=O)(=O)c2ccc(Cl)cc2)CC1. The fourth-order valence-corrected chi connectivity index (χ4v) is 4.77. The lowest BCUT2D eigenvalue weighted by molar-refractivity contribution is -0.152. The van der Waals surface area contributed by atoms with Crippen LogP contribution in [0.25, 0.3) is 0 Å². The lowest BCUT2D eigenvalue weighted by atomic mass is 10.1. The van der Waals surface area contributed by atoms with Crippen LogP contribution in [0.5, 0.6) is 0 Å². The van der Waals surface area contributed by atoms with E-state index in [2.05, 4.69) is 0 Å². The third-order valence-electron chi connectivity index (χ3n) is 4.69. The summed E-state index contributed by atoms with van der Waals surface area (Å²) in [5.74, 6) is -0.925. The van der Waals surface area contributed by atoms with Crippen molar-refractivity contribution >= 4 is 45.1 Å². The Balaban J connectivity index is 1.48. The molecule has 1 saturated heterocycles. The van der Waals surface area contributed by atoms with Crippen molar-refractivity contribution in [3.8, 4) is 0 Å². The molecule has 2 aromatic carbocycles. The number of hydrogen-bond acceptors (Lipinski definition) is 5. The zero-order valence-electron chi connectivity index (χ0n) is 16.0. The molecule has 1 fully saturated rings. The number of carbonyl (C=O) groups excluding carboxylic acids is 2. The Hall–Kier alpha value is -2.13. The van der Waals surface area contributed by atoms with E-state index in [1.54, 1.807) is 24.3 Å². The molecule has 160 valence electrons. The quantitative estimate of drug-likeness (QED) is 0.605. The number of ether oxygens (including phenoxy) is 1. The zero-order valence-corrected chi connectivity index (χ0v) is 18.3. The Bertz CT molecular complexity index is 1020. The van der Waals surface area contributed by atoms with Crippen molar-refractivity contribution in [2.45, 2.75) is 11.3 Å². The highest BCUT2D eigenvalue weighted by molar-refractivity contribution is 7.89. The monoisotopic (exact) mass is 470 g/mol. The van der Waals surface area contributed by atoms with Gasteiger partial charge in [-0.15, -0.1) is 0 Å². The maximum atomic E-state index is 12.7. The summed E-state index contributed by atoms with van der Waals surface area (Å²) in [7, 11) is -3.65. The summed E-state index contributed by atoms with van der Waals surface area (Å²) < 4.78 is 31.8. The smallest absolute Gasteiger partial charge is 0.310 e. The maximum Gasteiger partial charge on any atom is 0.310 e. The molecule has 0 bridgehead atoms. The molecule has 2 aromatic rings. The third-order valence-corrected chi connectivity index (χ3v) is 7.23. The van der Waals surface area contributed by atoms with Crippen LogP contribution in [-0.4, -0.2) is 62.3 Å². The number of nitrogens with zero attached hydrogens (tertiary/aromatic N) is 2. The minimum Gasteiger partial charge on any atom is -0.455 e. The summed E-state index contributed by atoms with van der Waals surface area (Å²) >= 11 is 11.8. The fraction of sp³-hybridized carbons (Fsp3) is 0.300. The summed E-state index contributed by atoms with van der Waals surface area (Å²) in [6.45, 7) is 0.350. The predicted octanol–water partition coefficient (Wildman–Crippen LogP) is 2.61. The van der Waals surface area contributed by atoms with Crippen molar-refractivity contribution in [2.24, 2.45) is 0 Å². The molecule has 0 atom stereocenters. The van der Waals surface area contributed by atoms with Crippen LogP contribution in [0.4, 0.5) is 0 Å².